The largest absolute Gasteiger partial charge is 0.319 e. The van der Waals surface area contributed by atoms with Gasteiger partial charge in [0.2, 0.25) is 5.91 Å². The first-order valence-corrected chi connectivity index (χ1v) is 4.53. The van der Waals surface area contributed by atoms with Gasteiger partial charge in [0.25, 0.3) is 0 Å². The summed E-state index contributed by atoms with van der Waals surface area (Å²) in [6.07, 6.45) is 0.549. The molecule has 0 saturated carbocycles. The van der Waals surface area contributed by atoms with Crippen LogP contribution in [0, 0.1) is 0 Å². The molecule has 1 aliphatic heterocycles. The lowest BCUT2D eigenvalue weighted by Gasteiger charge is -1.99. The van der Waals surface area contributed by atoms with E-state index in [4.69, 9.17) is 5.73 Å². The predicted octanol–water partition coefficient (Wildman–Crippen LogP) is 0.560. The van der Waals surface area contributed by atoms with Gasteiger partial charge in [-0.25, -0.2) is 4.98 Å². The van der Waals surface area contributed by atoms with Crippen molar-refractivity contribution < 1.29 is 4.79 Å². The molecule has 4 heteroatoms. The second-order valence-electron chi connectivity index (χ2n) is 3.50. The summed E-state index contributed by atoms with van der Waals surface area (Å²) < 4.78 is 1.62. The summed E-state index contributed by atoms with van der Waals surface area (Å²) in [5.41, 5.74) is 7.38. The van der Waals surface area contributed by atoms with Crippen molar-refractivity contribution in [1.29, 1.82) is 0 Å². The van der Waals surface area contributed by atoms with E-state index in [0.717, 1.165) is 16.9 Å². The molecule has 4 nitrogen and oxygen atoms in total. The van der Waals surface area contributed by atoms with Crippen molar-refractivity contribution in [2.24, 2.45) is 5.73 Å². The molecule has 0 bridgehead atoms. The van der Waals surface area contributed by atoms with E-state index in [2.05, 4.69) is 4.98 Å². The number of nitrogens with two attached hydrogens (primary N) is 1. The first-order valence-electron chi connectivity index (χ1n) is 4.53. The minimum absolute atomic E-state index is 0.0475. The quantitative estimate of drug-likeness (QED) is 0.655. The van der Waals surface area contributed by atoms with Gasteiger partial charge in [0.1, 0.15) is 5.82 Å². The number of para-hydroxylation sites is 2. The number of fused-ring (bicyclic) bond motifs is 3. The summed E-state index contributed by atoms with van der Waals surface area (Å²) in [5, 5.41) is 0. The number of hydrogen-bond donors (Lipinski definition) is 1. The molecule has 0 amide bonds. The Hall–Kier alpha value is -1.68. The van der Waals surface area contributed by atoms with Gasteiger partial charge in [-0.15, -0.1) is 0 Å². The van der Waals surface area contributed by atoms with E-state index in [0.29, 0.717) is 6.42 Å². The Morgan fingerprint density at radius 3 is 3.07 bits per heavy atom. The summed E-state index contributed by atoms with van der Waals surface area (Å²) >= 11 is 0. The number of nitrogens with zero attached hydrogens (tertiary/aromatic N) is 2. The molecule has 70 valence electrons. The topological polar surface area (TPSA) is 60.9 Å². The van der Waals surface area contributed by atoms with Gasteiger partial charge in [-0.2, -0.15) is 0 Å². The van der Waals surface area contributed by atoms with Crippen LogP contribution >= 0.6 is 0 Å². The van der Waals surface area contributed by atoms with Crippen LogP contribution in [0.2, 0.25) is 0 Å². The average molecular weight is 187 g/mol. The van der Waals surface area contributed by atoms with E-state index >= 15 is 0 Å². The van der Waals surface area contributed by atoms with Crippen LogP contribution in [0.15, 0.2) is 24.3 Å². The Balaban J connectivity index is 2.38. The van der Waals surface area contributed by atoms with Crippen LogP contribution in [-0.2, 0) is 6.42 Å². The van der Waals surface area contributed by atoms with Crippen molar-refractivity contribution in [1.82, 2.24) is 9.55 Å². The van der Waals surface area contributed by atoms with Crippen LogP contribution < -0.4 is 5.73 Å². The molecule has 0 spiro atoms. The first kappa shape index (κ1) is 7.70. The molecule has 0 fully saturated rings. The molecule has 1 atom stereocenters. The van der Waals surface area contributed by atoms with Gasteiger partial charge in [-0.3, -0.25) is 9.36 Å². The molecule has 0 saturated heterocycles. The van der Waals surface area contributed by atoms with Crippen LogP contribution in [0.25, 0.3) is 11.0 Å². The smallest absolute Gasteiger partial charge is 0.249 e. The molecule has 2 heterocycles. The zero-order valence-electron chi connectivity index (χ0n) is 7.47. The summed E-state index contributed by atoms with van der Waals surface area (Å²) in [4.78, 5) is 16.0. The summed E-state index contributed by atoms with van der Waals surface area (Å²) in [5.74, 6) is 0.734. The molecule has 0 radical (unpaired) electrons. The van der Waals surface area contributed by atoms with Crippen LogP contribution in [-0.4, -0.2) is 21.5 Å². The van der Waals surface area contributed by atoms with E-state index in [9.17, 15) is 4.79 Å². The number of rotatable bonds is 0. The van der Waals surface area contributed by atoms with Crippen LogP contribution in [0.4, 0.5) is 0 Å². The molecule has 1 aliphatic rings. The highest BCUT2D eigenvalue weighted by Gasteiger charge is 2.30. The molecular formula is C10H9N3O. The van der Waals surface area contributed by atoms with Gasteiger partial charge in [-0.1, -0.05) is 12.1 Å². The molecule has 2 N–H and O–H groups in total. The van der Waals surface area contributed by atoms with E-state index in [1.165, 1.54) is 0 Å². The zero-order chi connectivity index (χ0) is 9.71. The van der Waals surface area contributed by atoms with E-state index in [-0.39, 0.29) is 5.91 Å². The van der Waals surface area contributed by atoms with E-state index in [1.54, 1.807) is 4.57 Å². The molecular weight excluding hydrogens is 178 g/mol. The Morgan fingerprint density at radius 2 is 2.21 bits per heavy atom. The van der Waals surface area contributed by atoms with Gasteiger partial charge in [-0.05, 0) is 12.1 Å². The fraction of sp³-hybridized carbons (Fsp3) is 0.200. The van der Waals surface area contributed by atoms with Crippen molar-refractivity contribution >= 4 is 16.9 Å². The normalized spacial score (nSPS) is 20.4. The van der Waals surface area contributed by atoms with E-state index in [1.807, 2.05) is 24.3 Å². The third kappa shape index (κ3) is 0.807. The second-order valence-corrected chi connectivity index (χ2v) is 3.50. The average Bonchev–Trinajstić information content (AvgIpc) is 2.65. The minimum Gasteiger partial charge on any atom is -0.319 e. The highest BCUT2D eigenvalue weighted by Crippen LogP contribution is 2.21. The third-order valence-electron chi connectivity index (χ3n) is 2.57. The van der Waals surface area contributed by atoms with Gasteiger partial charge in [0.15, 0.2) is 0 Å². The van der Waals surface area contributed by atoms with Crippen molar-refractivity contribution in [3.63, 3.8) is 0 Å². The minimum atomic E-state index is -0.415. The summed E-state index contributed by atoms with van der Waals surface area (Å²) in [6, 6.07) is 7.19. The Bertz CT molecular complexity index is 529. The fourth-order valence-electron chi connectivity index (χ4n) is 1.91. The maximum atomic E-state index is 11.7. The Morgan fingerprint density at radius 1 is 1.43 bits per heavy atom. The first-order chi connectivity index (χ1) is 6.77. The highest BCUT2D eigenvalue weighted by molar-refractivity contribution is 5.96. The number of aromatic nitrogens is 2. The number of carbonyl (C=O) groups excluding carboxylic acids is 1. The lowest BCUT2D eigenvalue weighted by atomic mass is 10.2. The third-order valence-corrected chi connectivity index (χ3v) is 2.57. The molecule has 0 aliphatic carbocycles. The molecule has 1 aromatic carbocycles. The predicted molar refractivity (Wildman–Crippen MR) is 52.0 cm³/mol. The fourth-order valence-corrected chi connectivity index (χ4v) is 1.91. The van der Waals surface area contributed by atoms with Gasteiger partial charge in [0.05, 0.1) is 17.1 Å². The molecule has 14 heavy (non-hydrogen) atoms. The maximum Gasteiger partial charge on any atom is 0.249 e. The van der Waals surface area contributed by atoms with Crippen molar-refractivity contribution in [2.45, 2.75) is 12.5 Å². The Kier molecular flexibility index (Phi) is 1.33. The molecule has 3 rings (SSSR count). The number of imidazole rings is 1. The molecule has 1 aromatic heterocycles. The number of benzene rings is 1. The standard InChI is InChI=1S/C10H9N3O/c11-6-5-9-12-7-3-1-2-4-8(7)13(9)10(6)14/h1-4,6H,5,11H2. The second kappa shape index (κ2) is 2.42. The van der Waals surface area contributed by atoms with Crippen molar-refractivity contribution in [2.75, 3.05) is 0 Å². The van der Waals surface area contributed by atoms with Crippen LogP contribution in [0.5, 0.6) is 0 Å². The van der Waals surface area contributed by atoms with Gasteiger partial charge < -0.3 is 5.73 Å². The van der Waals surface area contributed by atoms with E-state index < -0.39 is 6.04 Å². The SMILES string of the molecule is NC1Cc2nc3ccccc3n2C1=O. The Labute approximate surface area is 80.3 Å². The van der Waals surface area contributed by atoms with Gasteiger partial charge in [0, 0.05) is 6.42 Å². The molecule has 1 unspecified atom stereocenters. The monoisotopic (exact) mass is 187 g/mol. The highest BCUT2D eigenvalue weighted by atomic mass is 16.2. The van der Waals surface area contributed by atoms with Crippen LogP contribution in [0.3, 0.4) is 0 Å². The molecule has 2 aromatic rings. The zero-order valence-corrected chi connectivity index (χ0v) is 7.47. The number of hydrogen-bond acceptors (Lipinski definition) is 3. The van der Waals surface area contributed by atoms with Crippen molar-refractivity contribution in [3.8, 4) is 0 Å². The summed E-state index contributed by atoms with van der Waals surface area (Å²) in [7, 11) is 0. The number of carbonyl (C=O) groups is 1. The summed E-state index contributed by atoms with van der Waals surface area (Å²) in [6.45, 7) is 0. The van der Waals surface area contributed by atoms with Crippen molar-refractivity contribution in [3.05, 3.63) is 30.1 Å². The maximum absolute atomic E-state index is 11.7. The van der Waals surface area contributed by atoms with Gasteiger partial charge >= 0.3 is 0 Å². The lowest BCUT2D eigenvalue weighted by Crippen LogP contribution is -2.29. The lowest BCUT2D eigenvalue weighted by molar-refractivity contribution is 0.0908. The van der Waals surface area contributed by atoms with Crippen LogP contribution in [0.1, 0.15) is 10.6 Å².